The number of halogens is 4. The van der Waals surface area contributed by atoms with Gasteiger partial charge in [-0.05, 0) is 47.9 Å². The molecule has 26 heavy (non-hydrogen) atoms. The van der Waals surface area contributed by atoms with Crippen molar-refractivity contribution in [3.05, 3.63) is 53.5 Å². The first-order valence-corrected chi connectivity index (χ1v) is 7.25. The fourth-order valence-electron chi connectivity index (χ4n) is 2.48. The molecular formula is C17H10F4N4O. The van der Waals surface area contributed by atoms with E-state index in [1.807, 2.05) is 6.07 Å². The van der Waals surface area contributed by atoms with Crippen LogP contribution in [0.2, 0.25) is 0 Å². The maximum Gasteiger partial charge on any atom is 0.573 e. The highest BCUT2D eigenvalue weighted by molar-refractivity contribution is 5.74. The molecule has 0 bridgehead atoms. The minimum atomic E-state index is -4.97. The molecule has 1 N–H and O–H groups in total. The van der Waals surface area contributed by atoms with Crippen LogP contribution in [0.15, 0.2) is 36.4 Å². The van der Waals surface area contributed by atoms with Crippen molar-refractivity contribution >= 4 is 0 Å². The molecule has 3 rings (SSSR count). The van der Waals surface area contributed by atoms with Gasteiger partial charge < -0.3 is 4.74 Å². The molecule has 0 saturated carbocycles. The Morgan fingerprint density at radius 1 is 1.04 bits per heavy atom. The predicted molar refractivity (Wildman–Crippen MR) is 83.3 cm³/mol. The van der Waals surface area contributed by atoms with E-state index in [2.05, 4.69) is 20.1 Å². The van der Waals surface area contributed by atoms with Gasteiger partial charge in [0.2, 0.25) is 0 Å². The summed E-state index contributed by atoms with van der Waals surface area (Å²) in [6.07, 6.45) is -4.97. The second-order valence-corrected chi connectivity index (χ2v) is 5.41. The van der Waals surface area contributed by atoms with Crippen molar-refractivity contribution in [3.8, 4) is 34.2 Å². The van der Waals surface area contributed by atoms with Crippen LogP contribution in [0.1, 0.15) is 11.3 Å². The summed E-state index contributed by atoms with van der Waals surface area (Å²) in [4.78, 5) is 0. The third-order valence-electron chi connectivity index (χ3n) is 3.50. The van der Waals surface area contributed by atoms with Crippen molar-refractivity contribution in [2.75, 3.05) is 0 Å². The fourth-order valence-corrected chi connectivity index (χ4v) is 2.48. The first-order chi connectivity index (χ1) is 12.3. The molecule has 3 aromatic rings. The van der Waals surface area contributed by atoms with E-state index >= 15 is 0 Å². The van der Waals surface area contributed by atoms with Crippen molar-refractivity contribution in [1.29, 1.82) is 5.26 Å². The van der Waals surface area contributed by atoms with E-state index in [9.17, 15) is 17.6 Å². The van der Waals surface area contributed by atoms with Crippen molar-refractivity contribution in [2.45, 2.75) is 13.3 Å². The standard InChI is InChI=1S/C17H10F4N4O/c1-9-4-11(6-12(5-9)16-14(8-22)23-25-24-16)10-2-3-15(13(18)7-10)26-17(19,20)21/h2-7H,1H3,(H,23,24,25). The SMILES string of the molecule is Cc1cc(-c2ccc(OC(F)(F)F)c(F)c2)cc(-c2n[nH]nc2C#N)c1. The van der Waals surface area contributed by atoms with Gasteiger partial charge in [-0.1, -0.05) is 12.1 Å². The molecule has 2 aromatic carbocycles. The highest BCUT2D eigenvalue weighted by Crippen LogP contribution is 2.32. The number of H-pyrrole nitrogens is 1. The molecule has 5 nitrogen and oxygen atoms in total. The lowest BCUT2D eigenvalue weighted by Gasteiger charge is -2.11. The van der Waals surface area contributed by atoms with E-state index in [0.717, 1.165) is 17.7 Å². The van der Waals surface area contributed by atoms with Gasteiger partial charge in [-0.15, -0.1) is 18.3 Å². The number of aromatic nitrogens is 3. The van der Waals surface area contributed by atoms with Gasteiger partial charge in [0.25, 0.3) is 0 Å². The van der Waals surface area contributed by atoms with Crippen LogP contribution in [0.3, 0.4) is 0 Å². The summed E-state index contributed by atoms with van der Waals surface area (Å²) in [6, 6.07) is 10.2. The third-order valence-corrected chi connectivity index (χ3v) is 3.50. The molecule has 0 aliphatic carbocycles. The minimum absolute atomic E-state index is 0.0988. The van der Waals surface area contributed by atoms with Gasteiger partial charge in [-0.25, -0.2) is 4.39 Å². The van der Waals surface area contributed by atoms with E-state index in [4.69, 9.17) is 5.26 Å². The number of nitrogens with zero attached hydrogens (tertiary/aromatic N) is 3. The minimum Gasteiger partial charge on any atom is -0.403 e. The van der Waals surface area contributed by atoms with E-state index < -0.39 is 17.9 Å². The molecule has 1 aromatic heterocycles. The zero-order valence-electron chi connectivity index (χ0n) is 13.2. The highest BCUT2D eigenvalue weighted by atomic mass is 19.4. The van der Waals surface area contributed by atoms with Crippen LogP contribution in [-0.2, 0) is 0 Å². The Balaban J connectivity index is 2.03. The second kappa shape index (κ2) is 6.48. The Labute approximate surface area is 144 Å². The number of nitriles is 1. The monoisotopic (exact) mass is 362 g/mol. The van der Waals surface area contributed by atoms with E-state index in [0.29, 0.717) is 22.4 Å². The fraction of sp³-hybridized carbons (Fsp3) is 0.118. The number of aryl methyl sites for hydroxylation is 1. The Morgan fingerprint density at radius 3 is 2.42 bits per heavy atom. The van der Waals surface area contributed by atoms with Crippen LogP contribution in [0.4, 0.5) is 17.6 Å². The molecule has 0 aliphatic rings. The lowest BCUT2D eigenvalue weighted by molar-refractivity contribution is -0.275. The Kier molecular flexibility index (Phi) is 4.34. The van der Waals surface area contributed by atoms with Crippen LogP contribution >= 0.6 is 0 Å². The summed E-state index contributed by atoms with van der Waals surface area (Å²) in [7, 11) is 0. The number of nitrogens with one attached hydrogen (secondary N) is 1. The average Bonchev–Trinajstić information content (AvgIpc) is 3.03. The first kappa shape index (κ1) is 17.4. The molecule has 0 atom stereocenters. The van der Waals surface area contributed by atoms with Crippen LogP contribution in [0.5, 0.6) is 5.75 Å². The third kappa shape index (κ3) is 3.64. The molecule has 1 heterocycles. The molecule has 0 amide bonds. The number of aromatic amines is 1. The number of rotatable bonds is 3. The maximum atomic E-state index is 14.0. The Bertz CT molecular complexity index is 1000. The zero-order chi connectivity index (χ0) is 18.9. The van der Waals surface area contributed by atoms with Gasteiger partial charge >= 0.3 is 6.36 Å². The molecule has 0 aliphatic heterocycles. The lowest BCUT2D eigenvalue weighted by Crippen LogP contribution is -2.17. The summed E-state index contributed by atoms with van der Waals surface area (Å²) in [5.41, 5.74) is 2.69. The second-order valence-electron chi connectivity index (χ2n) is 5.41. The maximum absolute atomic E-state index is 14.0. The average molecular weight is 362 g/mol. The molecular weight excluding hydrogens is 352 g/mol. The molecule has 0 radical (unpaired) electrons. The summed E-state index contributed by atoms with van der Waals surface area (Å²) < 4.78 is 54.3. The van der Waals surface area contributed by atoms with Crippen LogP contribution in [-0.4, -0.2) is 21.8 Å². The van der Waals surface area contributed by atoms with E-state index in [1.54, 1.807) is 25.1 Å². The number of ether oxygens (including phenoxy) is 1. The molecule has 9 heteroatoms. The largest absolute Gasteiger partial charge is 0.573 e. The number of benzene rings is 2. The molecule has 0 unspecified atom stereocenters. The number of hydrogen-bond donors (Lipinski definition) is 1. The lowest BCUT2D eigenvalue weighted by atomic mass is 9.98. The van der Waals surface area contributed by atoms with Gasteiger partial charge in [-0.2, -0.15) is 15.6 Å². The molecule has 0 fully saturated rings. The van der Waals surface area contributed by atoms with Gasteiger partial charge in [0.15, 0.2) is 17.3 Å². The molecule has 132 valence electrons. The van der Waals surface area contributed by atoms with Crippen LogP contribution < -0.4 is 4.74 Å². The predicted octanol–water partition coefficient (Wildman–Crippen LogP) is 4.36. The Morgan fingerprint density at radius 2 is 1.77 bits per heavy atom. The van der Waals surface area contributed by atoms with Crippen molar-refractivity contribution in [3.63, 3.8) is 0 Å². The smallest absolute Gasteiger partial charge is 0.403 e. The highest BCUT2D eigenvalue weighted by Gasteiger charge is 2.32. The van der Waals surface area contributed by atoms with Gasteiger partial charge in [-0.3, -0.25) is 0 Å². The number of alkyl halides is 3. The van der Waals surface area contributed by atoms with Crippen molar-refractivity contribution in [2.24, 2.45) is 0 Å². The van der Waals surface area contributed by atoms with Gasteiger partial charge in [0.05, 0.1) is 0 Å². The van der Waals surface area contributed by atoms with Gasteiger partial charge in [0.1, 0.15) is 11.8 Å². The van der Waals surface area contributed by atoms with Crippen molar-refractivity contribution in [1.82, 2.24) is 15.4 Å². The van der Waals surface area contributed by atoms with Crippen molar-refractivity contribution < 1.29 is 22.3 Å². The zero-order valence-corrected chi connectivity index (χ0v) is 13.2. The topological polar surface area (TPSA) is 74.6 Å². The summed E-state index contributed by atoms with van der Waals surface area (Å²) in [6.45, 7) is 1.79. The van der Waals surface area contributed by atoms with Crippen LogP contribution in [0.25, 0.3) is 22.4 Å². The van der Waals surface area contributed by atoms with Crippen LogP contribution in [0, 0.1) is 24.1 Å². The summed E-state index contributed by atoms with van der Waals surface area (Å²) in [5.74, 6) is -2.04. The number of hydrogen-bond acceptors (Lipinski definition) is 4. The quantitative estimate of drug-likeness (QED) is 0.703. The first-order valence-electron chi connectivity index (χ1n) is 7.25. The van der Waals surface area contributed by atoms with Gasteiger partial charge in [0, 0.05) is 5.56 Å². The Hall–Kier alpha value is -3.41. The summed E-state index contributed by atoms with van der Waals surface area (Å²) >= 11 is 0. The molecule has 0 saturated heterocycles. The summed E-state index contributed by atoms with van der Waals surface area (Å²) in [5, 5.41) is 19.1. The van der Waals surface area contributed by atoms with E-state index in [-0.39, 0.29) is 5.69 Å². The normalized spacial score (nSPS) is 11.2. The van der Waals surface area contributed by atoms with E-state index in [1.165, 1.54) is 6.07 Å². The molecule has 0 spiro atoms.